The van der Waals surface area contributed by atoms with E-state index in [-0.39, 0.29) is 12.3 Å². The first-order valence-electron chi connectivity index (χ1n) is 6.31. The molecule has 0 aliphatic carbocycles. The van der Waals surface area contributed by atoms with Crippen LogP contribution in [0.5, 0.6) is 0 Å². The Kier molecular flexibility index (Phi) is 5.48. The zero-order chi connectivity index (χ0) is 14.3. The Balaban J connectivity index is 2.36. The fourth-order valence-electron chi connectivity index (χ4n) is 1.73. The highest BCUT2D eigenvalue weighted by molar-refractivity contribution is 5.77. The molecule has 0 spiro atoms. The van der Waals surface area contributed by atoms with Crippen LogP contribution in [-0.2, 0) is 16.0 Å². The molecule has 1 aromatic rings. The number of nitrogens with zero attached hydrogens (tertiary/aromatic N) is 1. The summed E-state index contributed by atoms with van der Waals surface area (Å²) in [5.41, 5.74) is 0.571. The van der Waals surface area contributed by atoms with E-state index < -0.39 is 11.5 Å². The quantitative estimate of drug-likeness (QED) is 0.786. The van der Waals surface area contributed by atoms with Crippen molar-refractivity contribution in [2.75, 3.05) is 0 Å². The van der Waals surface area contributed by atoms with Crippen LogP contribution in [0.15, 0.2) is 24.5 Å². The SMILES string of the molecule is CC(C)(CCC(=O)O)NC(=O)CCc1ccncc1. The van der Waals surface area contributed by atoms with Crippen molar-refractivity contribution in [3.05, 3.63) is 30.1 Å². The number of carbonyl (C=O) groups excluding carboxylic acids is 1. The van der Waals surface area contributed by atoms with Crippen LogP contribution in [0.3, 0.4) is 0 Å². The maximum Gasteiger partial charge on any atom is 0.303 e. The lowest BCUT2D eigenvalue weighted by Crippen LogP contribution is -2.43. The first-order valence-corrected chi connectivity index (χ1v) is 6.31. The first-order chi connectivity index (χ1) is 8.89. The largest absolute Gasteiger partial charge is 0.481 e. The summed E-state index contributed by atoms with van der Waals surface area (Å²) >= 11 is 0. The van der Waals surface area contributed by atoms with Gasteiger partial charge in [0.05, 0.1) is 0 Å². The molecule has 0 radical (unpaired) electrons. The molecule has 0 aromatic carbocycles. The summed E-state index contributed by atoms with van der Waals surface area (Å²) in [6.45, 7) is 3.67. The second-order valence-corrected chi connectivity index (χ2v) is 5.18. The van der Waals surface area contributed by atoms with Crippen molar-refractivity contribution >= 4 is 11.9 Å². The summed E-state index contributed by atoms with van der Waals surface area (Å²) in [7, 11) is 0. The lowest BCUT2D eigenvalue weighted by molar-refractivity contribution is -0.137. The zero-order valence-corrected chi connectivity index (χ0v) is 11.3. The standard InChI is InChI=1S/C14H20N2O3/c1-14(2,8-5-13(18)19)16-12(17)4-3-11-6-9-15-10-7-11/h6-7,9-10H,3-5,8H2,1-2H3,(H,16,17)(H,18,19). The van der Waals surface area contributed by atoms with Gasteiger partial charge in [0.2, 0.25) is 5.91 Å². The average molecular weight is 264 g/mol. The summed E-state index contributed by atoms with van der Waals surface area (Å²) in [6.07, 6.45) is 4.92. The van der Waals surface area contributed by atoms with Gasteiger partial charge in [0.25, 0.3) is 0 Å². The number of hydrogen-bond acceptors (Lipinski definition) is 3. The normalized spacial score (nSPS) is 11.1. The topological polar surface area (TPSA) is 79.3 Å². The van der Waals surface area contributed by atoms with Crippen molar-refractivity contribution in [3.63, 3.8) is 0 Å². The molecule has 0 atom stereocenters. The maximum absolute atomic E-state index is 11.8. The van der Waals surface area contributed by atoms with Crippen molar-refractivity contribution in [1.29, 1.82) is 0 Å². The molecule has 0 fully saturated rings. The molecular formula is C14H20N2O3. The van der Waals surface area contributed by atoms with Crippen LogP contribution in [-0.4, -0.2) is 27.5 Å². The summed E-state index contributed by atoms with van der Waals surface area (Å²) in [4.78, 5) is 26.2. The Labute approximate surface area is 113 Å². The van der Waals surface area contributed by atoms with Crippen molar-refractivity contribution in [1.82, 2.24) is 10.3 Å². The minimum atomic E-state index is -0.848. The van der Waals surface area contributed by atoms with Crippen molar-refractivity contribution in [2.24, 2.45) is 0 Å². The van der Waals surface area contributed by atoms with E-state index in [4.69, 9.17) is 5.11 Å². The number of aryl methyl sites for hydroxylation is 1. The number of rotatable bonds is 7. The van der Waals surface area contributed by atoms with Gasteiger partial charge < -0.3 is 10.4 Å². The van der Waals surface area contributed by atoms with Gasteiger partial charge in [-0.3, -0.25) is 14.6 Å². The fourth-order valence-corrected chi connectivity index (χ4v) is 1.73. The van der Waals surface area contributed by atoms with Gasteiger partial charge in [0, 0.05) is 30.8 Å². The second kappa shape index (κ2) is 6.87. The lowest BCUT2D eigenvalue weighted by Gasteiger charge is -2.25. The van der Waals surface area contributed by atoms with Gasteiger partial charge in [-0.05, 0) is 44.4 Å². The first kappa shape index (κ1) is 15.1. The van der Waals surface area contributed by atoms with Gasteiger partial charge >= 0.3 is 5.97 Å². The molecule has 104 valence electrons. The van der Waals surface area contributed by atoms with E-state index in [0.29, 0.717) is 19.3 Å². The number of pyridine rings is 1. The van der Waals surface area contributed by atoms with Gasteiger partial charge in [0.15, 0.2) is 0 Å². The van der Waals surface area contributed by atoms with Crippen LogP contribution >= 0.6 is 0 Å². The fraction of sp³-hybridized carbons (Fsp3) is 0.500. The average Bonchev–Trinajstić information content (AvgIpc) is 2.35. The number of hydrogen-bond donors (Lipinski definition) is 2. The third kappa shape index (κ3) is 6.55. The van der Waals surface area contributed by atoms with E-state index >= 15 is 0 Å². The van der Waals surface area contributed by atoms with Crippen LogP contribution in [0.1, 0.15) is 38.7 Å². The molecule has 1 aromatic heterocycles. The number of carboxylic acid groups (broad SMARTS) is 1. The molecule has 0 saturated carbocycles. The monoisotopic (exact) mass is 264 g/mol. The maximum atomic E-state index is 11.8. The summed E-state index contributed by atoms with van der Waals surface area (Å²) in [6, 6.07) is 3.76. The van der Waals surface area contributed by atoms with Crippen LogP contribution in [0.4, 0.5) is 0 Å². The van der Waals surface area contributed by atoms with E-state index in [1.165, 1.54) is 0 Å². The highest BCUT2D eigenvalue weighted by Crippen LogP contribution is 2.12. The van der Waals surface area contributed by atoms with E-state index in [1.807, 2.05) is 26.0 Å². The third-order valence-electron chi connectivity index (χ3n) is 2.83. The van der Waals surface area contributed by atoms with E-state index in [2.05, 4.69) is 10.3 Å². The molecule has 0 bridgehead atoms. The highest BCUT2D eigenvalue weighted by Gasteiger charge is 2.21. The Hall–Kier alpha value is -1.91. The van der Waals surface area contributed by atoms with Crippen molar-refractivity contribution < 1.29 is 14.7 Å². The van der Waals surface area contributed by atoms with Crippen LogP contribution in [0.2, 0.25) is 0 Å². The number of amides is 1. The molecule has 1 rings (SSSR count). The number of carbonyl (C=O) groups is 2. The molecule has 0 saturated heterocycles. The van der Waals surface area contributed by atoms with Crippen LogP contribution < -0.4 is 5.32 Å². The number of carboxylic acids is 1. The summed E-state index contributed by atoms with van der Waals surface area (Å²) in [5, 5.41) is 11.5. The Morgan fingerprint density at radius 3 is 2.47 bits per heavy atom. The van der Waals surface area contributed by atoms with Crippen LogP contribution in [0.25, 0.3) is 0 Å². The minimum Gasteiger partial charge on any atom is -0.481 e. The van der Waals surface area contributed by atoms with Crippen molar-refractivity contribution in [2.45, 2.75) is 45.1 Å². The molecule has 0 aliphatic rings. The van der Waals surface area contributed by atoms with E-state index in [9.17, 15) is 9.59 Å². The number of nitrogens with one attached hydrogen (secondary N) is 1. The highest BCUT2D eigenvalue weighted by atomic mass is 16.4. The molecule has 19 heavy (non-hydrogen) atoms. The molecule has 2 N–H and O–H groups in total. The zero-order valence-electron chi connectivity index (χ0n) is 11.3. The number of aliphatic carboxylic acids is 1. The van der Waals surface area contributed by atoms with Crippen LogP contribution in [0, 0.1) is 0 Å². The smallest absolute Gasteiger partial charge is 0.303 e. The van der Waals surface area contributed by atoms with Gasteiger partial charge in [-0.1, -0.05) is 0 Å². The van der Waals surface area contributed by atoms with Gasteiger partial charge in [-0.25, -0.2) is 0 Å². The third-order valence-corrected chi connectivity index (χ3v) is 2.83. The number of aromatic nitrogens is 1. The lowest BCUT2D eigenvalue weighted by atomic mass is 9.98. The minimum absolute atomic E-state index is 0.0532. The molecule has 0 unspecified atom stereocenters. The molecule has 1 heterocycles. The second-order valence-electron chi connectivity index (χ2n) is 5.18. The van der Waals surface area contributed by atoms with Gasteiger partial charge in [0.1, 0.15) is 0 Å². The molecule has 5 heteroatoms. The van der Waals surface area contributed by atoms with E-state index in [0.717, 1.165) is 5.56 Å². The van der Waals surface area contributed by atoms with Crippen molar-refractivity contribution in [3.8, 4) is 0 Å². The van der Waals surface area contributed by atoms with E-state index in [1.54, 1.807) is 12.4 Å². The summed E-state index contributed by atoms with van der Waals surface area (Å²) < 4.78 is 0. The Morgan fingerprint density at radius 2 is 1.89 bits per heavy atom. The Morgan fingerprint density at radius 1 is 1.26 bits per heavy atom. The predicted octanol–water partition coefficient (Wildman–Crippen LogP) is 1.77. The Bertz CT molecular complexity index is 430. The molecular weight excluding hydrogens is 244 g/mol. The van der Waals surface area contributed by atoms with Gasteiger partial charge in [-0.2, -0.15) is 0 Å². The van der Waals surface area contributed by atoms with Gasteiger partial charge in [-0.15, -0.1) is 0 Å². The predicted molar refractivity (Wildman–Crippen MR) is 71.6 cm³/mol. The molecule has 0 aliphatic heterocycles. The molecule has 1 amide bonds. The molecule has 5 nitrogen and oxygen atoms in total. The summed E-state index contributed by atoms with van der Waals surface area (Å²) in [5.74, 6) is -0.911.